The number of rotatable bonds is 10. The highest BCUT2D eigenvalue weighted by atomic mass is 35.5. The van der Waals surface area contributed by atoms with Gasteiger partial charge in [-0.05, 0) is 48.1 Å². The molecule has 0 spiro atoms. The zero-order chi connectivity index (χ0) is 29.5. The molecule has 0 atom stereocenters. The van der Waals surface area contributed by atoms with Crippen molar-refractivity contribution in [3.8, 4) is 11.5 Å². The van der Waals surface area contributed by atoms with Crippen molar-refractivity contribution in [3.63, 3.8) is 0 Å². The van der Waals surface area contributed by atoms with Gasteiger partial charge >= 0.3 is 0 Å². The molecule has 10 nitrogen and oxygen atoms in total. The topological polar surface area (TPSA) is 100 Å². The Morgan fingerprint density at radius 2 is 1.93 bits per heavy atom. The Morgan fingerprint density at radius 1 is 1.09 bits per heavy atom. The number of hydrogen-bond acceptors (Lipinski definition) is 7. The SMILES string of the molecule is Cn1c(Nc2cc(C3CC3)cn(CCOCc3ccccc3)c2=O)nc2ncc(Oc3cnn4cccc(F)c34)c(Cl)c21. The molecular formula is C31H27ClFN7O3. The van der Waals surface area contributed by atoms with E-state index < -0.39 is 5.82 Å². The summed E-state index contributed by atoms with van der Waals surface area (Å²) >= 11 is 6.76. The summed E-state index contributed by atoms with van der Waals surface area (Å²) in [4.78, 5) is 22.5. The van der Waals surface area contributed by atoms with Gasteiger partial charge in [0, 0.05) is 26.0 Å². The second-order valence-corrected chi connectivity index (χ2v) is 10.9. The number of ether oxygens (including phenoxy) is 2. The van der Waals surface area contributed by atoms with E-state index in [0.29, 0.717) is 48.5 Å². The van der Waals surface area contributed by atoms with Crippen molar-refractivity contribution in [3.05, 3.63) is 106 Å². The van der Waals surface area contributed by atoms with Crippen LogP contribution in [0, 0.1) is 5.82 Å². The molecular weight excluding hydrogens is 573 g/mol. The fourth-order valence-corrected chi connectivity index (χ4v) is 5.36. The molecule has 5 heterocycles. The van der Waals surface area contributed by atoms with Crippen LogP contribution in [0.3, 0.4) is 0 Å². The monoisotopic (exact) mass is 599 g/mol. The number of nitrogens with one attached hydrogen (secondary N) is 1. The van der Waals surface area contributed by atoms with E-state index >= 15 is 0 Å². The van der Waals surface area contributed by atoms with Gasteiger partial charge in [-0.2, -0.15) is 10.1 Å². The molecule has 6 aromatic rings. The van der Waals surface area contributed by atoms with Crippen LogP contribution in [0.2, 0.25) is 5.02 Å². The lowest BCUT2D eigenvalue weighted by Gasteiger charge is -2.13. The summed E-state index contributed by atoms with van der Waals surface area (Å²) in [6.07, 6.45) is 8.58. The minimum atomic E-state index is -0.478. The van der Waals surface area contributed by atoms with Gasteiger partial charge in [0.15, 0.2) is 23.0 Å². The average Bonchev–Trinajstić information content (AvgIpc) is 3.71. The fraction of sp³-hybridized carbons (Fsp3) is 0.226. The minimum Gasteiger partial charge on any atom is -0.450 e. The van der Waals surface area contributed by atoms with Crippen molar-refractivity contribution >= 4 is 39.9 Å². The third kappa shape index (κ3) is 5.33. The Labute approximate surface area is 250 Å². The highest BCUT2D eigenvalue weighted by Gasteiger charge is 2.26. The fourth-order valence-electron chi connectivity index (χ4n) is 5.07. The summed E-state index contributed by atoms with van der Waals surface area (Å²) in [5, 5.41) is 7.58. The quantitative estimate of drug-likeness (QED) is 0.187. The number of imidazole rings is 1. The van der Waals surface area contributed by atoms with Crippen LogP contribution in [0.1, 0.15) is 29.9 Å². The number of nitrogens with zero attached hydrogens (tertiary/aromatic N) is 6. The smallest absolute Gasteiger partial charge is 0.274 e. The molecule has 0 saturated heterocycles. The zero-order valence-corrected chi connectivity index (χ0v) is 24.0. The molecule has 1 saturated carbocycles. The van der Waals surface area contributed by atoms with Crippen molar-refractivity contribution < 1.29 is 13.9 Å². The predicted molar refractivity (Wildman–Crippen MR) is 161 cm³/mol. The first-order chi connectivity index (χ1) is 21.0. The largest absolute Gasteiger partial charge is 0.450 e. The number of aryl methyl sites for hydroxylation is 1. The summed E-state index contributed by atoms with van der Waals surface area (Å²) in [6.45, 7) is 1.30. The van der Waals surface area contributed by atoms with Crippen molar-refractivity contribution in [1.82, 2.24) is 28.7 Å². The molecule has 0 amide bonds. The van der Waals surface area contributed by atoms with E-state index in [4.69, 9.17) is 21.1 Å². The number of anilines is 2. The van der Waals surface area contributed by atoms with E-state index in [1.165, 1.54) is 23.0 Å². The van der Waals surface area contributed by atoms with Gasteiger partial charge in [0.1, 0.15) is 21.7 Å². The van der Waals surface area contributed by atoms with E-state index in [-0.39, 0.29) is 27.6 Å². The molecule has 1 aliphatic carbocycles. The molecule has 12 heteroatoms. The van der Waals surface area contributed by atoms with Crippen LogP contribution >= 0.6 is 11.6 Å². The van der Waals surface area contributed by atoms with Gasteiger partial charge in [0.25, 0.3) is 5.56 Å². The Morgan fingerprint density at radius 3 is 2.74 bits per heavy atom. The van der Waals surface area contributed by atoms with Crippen LogP contribution in [0.25, 0.3) is 16.7 Å². The second kappa shape index (κ2) is 11.2. The van der Waals surface area contributed by atoms with E-state index in [1.54, 1.807) is 28.4 Å². The number of aromatic nitrogens is 6. The van der Waals surface area contributed by atoms with Gasteiger partial charge in [0.05, 0.1) is 25.6 Å². The highest BCUT2D eigenvalue weighted by Crippen LogP contribution is 2.41. The maximum atomic E-state index is 14.5. The molecule has 0 aliphatic heterocycles. The van der Waals surface area contributed by atoms with Crippen LogP contribution < -0.4 is 15.6 Å². The molecule has 1 N–H and O–H groups in total. The van der Waals surface area contributed by atoms with E-state index in [9.17, 15) is 9.18 Å². The number of fused-ring (bicyclic) bond motifs is 2. The van der Waals surface area contributed by atoms with Crippen LogP contribution in [-0.4, -0.2) is 35.3 Å². The minimum absolute atomic E-state index is 0.182. The number of halogens is 2. The average molecular weight is 600 g/mol. The maximum Gasteiger partial charge on any atom is 0.274 e. The molecule has 0 bridgehead atoms. The Balaban J connectivity index is 1.15. The van der Waals surface area contributed by atoms with Gasteiger partial charge < -0.3 is 23.9 Å². The highest BCUT2D eigenvalue weighted by molar-refractivity contribution is 6.36. The van der Waals surface area contributed by atoms with E-state index in [0.717, 1.165) is 24.0 Å². The lowest BCUT2D eigenvalue weighted by Crippen LogP contribution is -2.25. The lowest BCUT2D eigenvalue weighted by atomic mass is 10.2. The number of pyridine rings is 3. The molecule has 0 unspecified atom stereocenters. The molecule has 1 aliphatic rings. The second-order valence-electron chi connectivity index (χ2n) is 10.5. The van der Waals surface area contributed by atoms with Crippen LogP contribution in [-0.2, 0) is 24.9 Å². The third-order valence-corrected chi connectivity index (χ3v) is 7.84. The van der Waals surface area contributed by atoms with Crippen LogP contribution in [0.5, 0.6) is 11.5 Å². The summed E-state index contributed by atoms with van der Waals surface area (Å²) in [7, 11) is 1.77. The van der Waals surface area contributed by atoms with E-state index in [2.05, 4.69) is 20.4 Å². The first-order valence-corrected chi connectivity index (χ1v) is 14.3. The Bertz CT molecular complexity index is 2020. The van der Waals surface area contributed by atoms with Gasteiger partial charge in [0.2, 0.25) is 5.95 Å². The zero-order valence-electron chi connectivity index (χ0n) is 23.2. The number of benzene rings is 1. The molecule has 218 valence electrons. The van der Waals surface area contributed by atoms with Gasteiger partial charge in [-0.1, -0.05) is 41.9 Å². The lowest BCUT2D eigenvalue weighted by molar-refractivity contribution is 0.112. The van der Waals surface area contributed by atoms with Crippen molar-refractivity contribution in [1.29, 1.82) is 0 Å². The summed E-state index contributed by atoms with van der Waals surface area (Å²) < 4.78 is 31.0. The van der Waals surface area contributed by atoms with Gasteiger partial charge in [-0.3, -0.25) is 4.79 Å². The standard InChI is InChI=1S/C31H27ClFN7O3/c1-38-28-26(32)24(43-25-16-35-40-11-5-8-22(33)27(25)40)15-34-29(28)37-31(38)36-23-14-21(20-9-10-20)17-39(30(23)41)12-13-42-18-19-6-3-2-4-7-19/h2-8,11,14-17,20H,9-10,12-13,18H2,1H3,(H,34,36,37). The predicted octanol–water partition coefficient (Wildman–Crippen LogP) is 6.20. The molecule has 0 radical (unpaired) electrons. The van der Waals surface area contributed by atoms with Crippen LogP contribution in [0.4, 0.5) is 16.0 Å². The Hall–Kier alpha value is -4.74. The molecule has 1 fully saturated rings. The molecule has 43 heavy (non-hydrogen) atoms. The third-order valence-electron chi connectivity index (χ3n) is 7.47. The summed E-state index contributed by atoms with van der Waals surface area (Å²) in [5.41, 5.74) is 3.43. The normalized spacial score (nSPS) is 13.2. The van der Waals surface area contributed by atoms with Crippen molar-refractivity contribution in [2.45, 2.75) is 31.9 Å². The maximum absolute atomic E-state index is 14.5. The Kier molecular flexibility index (Phi) is 7.04. The number of hydrogen-bond donors (Lipinski definition) is 1. The van der Waals surface area contributed by atoms with Crippen molar-refractivity contribution in [2.75, 3.05) is 11.9 Å². The first kappa shape index (κ1) is 27.1. The summed E-state index contributed by atoms with van der Waals surface area (Å²) in [6, 6.07) is 14.7. The molecule has 1 aromatic carbocycles. The van der Waals surface area contributed by atoms with Gasteiger partial charge in [-0.15, -0.1) is 0 Å². The molecule has 5 aromatic heterocycles. The first-order valence-electron chi connectivity index (χ1n) is 13.9. The summed E-state index contributed by atoms with van der Waals surface area (Å²) in [5.74, 6) is 0.760. The molecule has 7 rings (SSSR count). The van der Waals surface area contributed by atoms with Gasteiger partial charge in [-0.25, -0.2) is 13.9 Å². The van der Waals surface area contributed by atoms with Crippen LogP contribution in [0.15, 0.2) is 78.1 Å². The van der Waals surface area contributed by atoms with E-state index in [1.807, 2.05) is 42.6 Å². The van der Waals surface area contributed by atoms with Crippen molar-refractivity contribution in [2.24, 2.45) is 7.05 Å².